The highest BCUT2D eigenvalue weighted by Crippen LogP contribution is 2.56. The second kappa shape index (κ2) is 6.65. The van der Waals surface area contributed by atoms with Gasteiger partial charge in [0.2, 0.25) is 0 Å². The summed E-state index contributed by atoms with van der Waals surface area (Å²) < 4.78 is 0. The lowest BCUT2D eigenvalue weighted by Gasteiger charge is -2.47. The van der Waals surface area contributed by atoms with Gasteiger partial charge in [0.25, 0.3) is 5.91 Å². The van der Waals surface area contributed by atoms with E-state index < -0.39 is 11.8 Å². The number of aliphatic hydroxyl groups is 2. The van der Waals surface area contributed by atoms with Crippen molar-refractivity contribution in [3.8, 4) is 0 Å². The van der Waals surface area contributed by atoms with Crippen LogP contribution in [0.3, 0.4) is 0 Å². The Morgan fingerprint density at radius 3 is 2.62 bits per heavy atom. The molecule has 2 aliphatic carbocycles. The lowest BCUT2D eigenvalue weighted by molar-refractivity contribution is -0.143. The average Bonchev–Trinajstić information content (AvgIpc) is 2.72. The number of likely N-dealkylation sites (N-methyl/N-ethyl adjacent to an activating group) is 1. The molecule has 0 saturated heterocycles. The summed E-state index contributed by atoms with van der Waals surface area (Å²) >= 11 is 0. The Kier molecular flexibility index (Phi) is 4.95. The fourth-order valence-electron chi connectivity index (χ4n) is 5.54. The molecule has 0 saturated carbocycles. The number of hydrogen-bond acceptors (Lipinski definition) is 3. The third kappa shape index (κ3) is 2.97. The Morgan fingerprint density at radius 1 is 1.31 bits per heavy atom. The highest BCUT2D eigenvalue weighted by molar-refractivity contribution is 5.99. The topological polar surface area (TPSA) is 60.8 Å². The minimum absolute atomic E-state index is 0.0100. The van der Waals surface area contributed by atoms with Crippen LogP contribution in [0.2, 0.25) is 0 Å². The molecule has 144 valence electrons. The molecule has 2 N–H and O–H groups in total. The Bertz CT molecular complexity index is 688. The molecule has 4 heteroatoms. The van der Waals surface area contributed by atoms with Crippen LogP contribution in [-0.4, -0.2) is 39.4 Å². The summed E-state index contributed by atoms with van der Waals surface area (Å²) in [4.78, 5) is 14.7. The van der Waals surface area contributed by atoms with Crippen LogP contribution < -0.4 is 0 Å². The van der Waals surface area contributed by atoms with Crippen LogP contribution in [0.25, 0.3) is 0 Å². The van der Waals surface area contributed by atoms with Crippen LogP contribution in [0, 0.1) is 11.3 Å². The van der Waals surface area contributed by atoms with Gasteiger partial charge in [-0.25, -0.2) is 0 Å². The van der Waals surface area contributed by atoms with Crippen LogP contribution in [0.5, 0.6) is 0 Å². The lowest BCUT2D eigenvalue weighted by Crippen LogP contribution is -2.51. The second-order valence-corrected chi connectivity index (χ2v) is 8.93. The molecule has 1 aliphatic heterocycles. The number of aliphatic hydroxyl groups excluding tert-OH is 1. The number of carbonyl (C=O) groups excluding carboxylic acids is 1. The quantitative estimate of drug-likeness (QED) is 0.702. The maximum Gasteiger partial charge on any atom is 0.252 e. The molecule has 0 spiro atoms. The molecule has 0 unspecified atom stereocenters. The fraction of sp³-hybridized carbons (Fsp3) is 0.682. The summed E-state index contributed by atoms with van der Waals surface area (Å²) in [6, 6.07) is 0. The Balaban J connectivity index is 2.15. The van der Waals surface area contributed by atoms with Gasteiger partial charge in [0.05, 0.1) is 6.10 Å². The van der Waals surface area contributed by atoms with Gasteiger partial charge in [0.1, 0.15) is 0 Å². The zero-order valence-electron chi connectivity index (χ0n) is 16.6. The predicted molar refractivity (Wildman–Crippen MR) is 103 cm³/mol. The number of amides is 1. The van der Waals surface area contributed by atoms with E-state index in [1.165, 1.54) is 0 Å². The van der Waals surface area contributed by atoms with Crippen molar-refractivity contribution in [1.82, 2.24) is 4.90 Å². The van der Waals surface area contributed by atoms with Gasteiger partial charge in [0, 0.05) is 18.5 Å². The SMILES string of the molecule is C=C1CC[C@@H]2CCC3=C(C2(C)C)[C@@](O)(C/C(C)=C\[C@@H](O)C1)N(CC)C3=O. The first-order chi connectivity index (χ1) is 12.1. The highest BCUT2D eigenvalue weighted by Gasteiger charge is 2.57. The van der Waals surface area contributed by atoms with Crippen molar-refractivity contribution in [3.05, 3.63) is 34.9 Å². The summed E-state index contributed by atoms with van der Waals surface area (Å²) in [7, 11) is 0. The van der Waals surface area contributed by atoms with Crippen molar-refractivity contribution in [1.29, 1.82) is 0 Å². The maximum atomic E-state index is 13.0. The Hall–Kier alpha value is -1.39. The van der Waals surface area contributed by atoms with Crippen LogP contribution in [0.15, 0.2) is 34.9 Å². The van der Waals surface area contributed by atoms with E-state index in [4.69, 9.17) is 0 Å². The van der Waals surface area contributed by atoms with Gasteiger partial charge in [-0.05, 0) is 62.9 Å². The number of rotatable bonds is 1. The Morgan fingerprint density at radius 2 is 1.96 bits per heavy atom. The molecule has 0 aromatic heterocycles. The first kappa shape index (κ1) is 19.4. The number of carbonyl (C=O) groups is 1. The molecule has 0 fully saturated rings. The first-order valence-corrected chi connectivity index (χ1v) is 9.91. The molecular formula is C22H33NO3. The molecular weight excluding hydrogens is 326 g/mol. The van der Waals surface area contributed by atoms with E-state index in [0.717, 1.165) is 48.0 Å². The monoisotopic (exact) mass is 359 g/mol. The van der Waals surface area contributed by atoms with Crippen molar-refractivity contribution in [2.75, 3.05) is 6.54 Å². The fourth-order valence-corrected chi connectivity index (χ4v) is 5.54. The van der Waals surface area contributed by atoms with Crippen LogP contribution in [0.1, 0.15) is 66.2 Å². The summed E-state index contributed by atoms with van der Waals surface area (Å²) in [5, 5.41) is 22.2. The van der Waals surface area contributed by atoms with E-state index in [9.17, 15) is 15.0 Å². The predicted octanol–water partition coefficient (Wildman–Crippen LogP) is 3.71. The number of hydrogen-bond donors (Lipinski definition) is 2. The first-order valence-electron chi connectivity index (χ1n) is 9.91. The lowest BCUT2D eigenvalue weighted by atomic mass is 9.61. The van der Waals surface area contributed by atoms with E-state index in [1.54, 1.807) is 4.90 Å². The standard InChI is InChI=1S/C22H33NO3/c1-6-23-20(25)18-10-9-16-8-7-14(2)11-17(24)12-15(3)13-22(23,26)19(18)21(16,4)5/h12,16-17,24,26H,2,6-11,13H2,1,3-5H3/b15-12-/t16-,17+,22+/m1/s1. The van der Waals surface area contributed by atoms with Gasteiger partial charge in [-0.15, -0.1) is 0 Å². The van der Waals surface area contributed by atoms with E-state index in [2.05, 4.69) is 20.4 Å². The van der Waals surface area contributed by atoms with Gasteiger partial charge >= 0.3 is 0 Å². The van der Waals surface area contributed by atoms with E-state index in [-0.39, 0.29) is 11.3 Å². The zero-order chi connectivity index (χ0) is 19.3. The van der Waals surface area contributed by atoms with Gasteiger partial charge < -0.3 is 15.1 Å². The van der Waals surface area contributed by atoms with Gasteiger partial charge in [-0.1, -0.05) is 37.6 Å². The average molecular weight is 360 g/mol. The molecule has 3 aliphatic rings. The highest BCUT2D eigenvalue weighted by atomic mass is 16.3. The normalized spacial score (nSPS) is 37.2. The molecule has 0 radical (unpaired) electrons. The van der Waals surface area contributed by atoms with E-state index >= 15 is 0 Å². The molecule has 2 bridgehead atoms. The van der Waals surface area contributed by atoms with Gasteiger partial charge in [0.15, 0.2) is 5.72 Å². The van der Waals surface area contributed by atoms with Crippen molar-refractivity contribution in [2.24, 2.45) is 11.3 Å². The second-order valence-electron chi connectivity index (χ2n) is 8.93. The molecule has 0 aromatic rings. The minimum atomic E-state index is -1.28. The Labute approximate surface area is 157 Å². The van der Waals surface area contributed by atoms with E-state index in [0.29, 0.717) is 25.3 Å². The molecule has 1 amide bonds. The van der Waals surface area contributed by atoms with Gasteiger partial charge in [-0.2, -0.15) is 0 Å². The molecule has 3 rings (SSSR count). The van der Waals surface area contributed by atoms with Crippen molar-refractivity contribution in [3.63, 3.8) is 0 Å². The van der Waals surface area contributed by atoms with Crippen molar-refractivity contribution in [2.45, 2.75) is 78.0 Å². The zero-order valence-corrected chi connectivity index (χ0v) is 16.6. The molecule has 26 heavy (non-hydrogen) atoms. The van der Waals surface area contributed by atoms with Crippen molar-refractivity contribution < 1.29 is 15.0 Å². The molecule has 1 heterocycles. The number of fused-ring (bicyclic) bond motifs is 1. The summed E-state index contributed by atoms with van der Waals surface area (Å²) in [6.45, 7) is 12.9. The molecule has 4 nitrogen and oxygen atoms in total. The maximum absolute atomic E-state index is 13.0. The number of nitrogens with zero attached hydrogens (tertiary/aromatic N) is 1. The van der Waals surface area contributed by atoms with Crippen LogP contribution in [-0.2, 0) is 4.79 Å². The van der Waals surface area contributed by atoms with Crippen molar-refractivity contribution >= 4 is 5.91 Å². The molecule has 3 atom stereocenters. The smallest absolute Gasteiger partial charge is 0.252 e. The summed E-state index contributed by atoms with van der Waals surface area (Å²) in [5.74, 6) is 0.388. The largest absolute Gasteiger partial charge is 0.389 e. The summed E-state index contributed by atoms with van der Waals surface area (Å²) in [6.07, 6.45) is 5.72. The van der Waals surface area contributed by atoms with E-state index in [1.807, 2.05) is 19.9 Å². The third-order valence-electron chi connectivity index (χ3n) is 6.72. The minimum Gasteiger partial charge on any atom is -0.389 e. The molecule has 0 aromatic carbocycles. The third-order valence-corrected chi connectivity index (χ3v) is 6.72. The van der Waals surface area contributed by atoms with Crippen LogP contribution in [0.4, 0.5) is 0 Å². The van der Waals surface area contributed by atoms with Crippen LogP contribution >= 0.6 is 0 Å². The summed E-state index contributed by atoms with van der Waals surface area (Å²) in [5.41, 5.74) is 2.21. The van der Waals surface area contributed by atoms with Gasteiger partial charge in [-0.3, -0.25) is 4.79 Å².